The maximum atomic E-state index is 3.68. The highest BCUT2D eigenvalue weighted by Crippen LogP contribution is 2.26. The molecule has 108 valence electrons. The molecule has 0 aromatic carbocycles. The Hall–Kier alpha value is 0.270. The second-order valence-electron chi connectivity index (χ2n) is 7.18. The number of hydrogen-bond acceptors (Lipinski definition) is 3. The van der Waals surface area contributed by atoms with Crippen molar-refractivity contribution in [1.29, 1.82) is 0 Å². The third-order valence-corrected chi connectivity index (χ3v) is 4.97. The summed E-state index contributed by atoms with van der Waals surface area (Å²) in [4.78, 5) is 2.66. The molecule has 0 aromatic rings. The zero-order chi connectivity index (χ0) is 13.8. The Morgan fingerprint density at radius 1 is 1.28 bits per heavy atom. The van der Waals surface area contributed by atoms with E-state index in [4.69, 9.17) is 0 Å². The number of rotatable bonds is 5. The summed E-state index contributed by atoms with van der Waals surface area (Å²) in [6.07, 6.45) is 1.24. The van der Waals surface area contributed by atoms with Crippen molar-refractivity contribution in [1.82, 2.24) is 10.2 Å². The van der Waals surface area contributed by atoms with E-state index in [9.17, 15) is 0 Å². The van der Waals surface area contributed by atoms with Crippen molar-refractivity contribution in [2.45, 2.75) is 58.8 Å². The highest BCUT2D eigenvalue weighted by Gasteiger charge is 2.28. The van der Waals surface area contributed by atoms with E-state index >= 15 is 0 Å². The lowest BCUT2D eigenvalue weighted by molar-refractivity contribution is 0.150. The fraction of sp³-hybridized carbons (Fsp3) is 1.00. The van der Waals surface area contributed by atoms with Crippen molar-refractivity contribution < 1.29 is 0 Å². The maximum Gasteiger partial charge on any atom is 0.0147 e. The van der Waals surface area contributed by atoms with Crippen LogP contribution in [0.15, 0.2) is 0 Å². The van der Waals surface area contributed by atoms with Crippen LogP contribution in [0.4, 0.5) is 0 Å². The SMILES string of the molecule is CCC(C)(CNC(C)(C)C)CN1CCSC(C)C1. The molecule has 0 aromatic heterocycles. The van der Waals surface area contributed by atoms with Gasteiger partial charge in [0.1, 0.15) is 0 Å². The summed E-state index contributed by atoms with van der Waals surface area (Å²) in [7, 11) is 0. The first-order chi connectivity index (χ1) is 8.24. The highest BCUT2D eigenvalue weighted by molar-refractivity contribution is 7.99. The van der Waals surface area contributed by atoms with Crippen LogP contribution in [0.2, 0.25) is 0 Å². The lowest BCUT2D eigenvalue weighted by Crippen LogP contribution is -2.49. The molecular weight excluding hydrogens is 240 g/mol. The molecule has 1 rings (SSSR count). The van der Waals surface area contributed by atoms with E-state index in [1.807, 2.05) is 0 Å². The lowest BCUT2D eigenvalue weighted by atomic mass is 9.85. The Morgan fingerprint density at radius 2 is 1.94 bits per heavy atom. The van der Waals surface area contributed by atoms with Gasteiger partial charge in [-0.15, -0.1) is 0 Å². The zero-order valence-corrected chi connectivity index (χ0v) is 14.0. The van der Waals surface area contributed by atoms with Crippen LogP contribution >= 0.6 is 11.8 Å². The Labute approximate surface area is 118 Å². The normalized spacial score (nSPS) is 26.0. The molecule has 18 heavy (non-hydrogen) atoms. The molecule has 2 unspecified atom stereocenters. The van der Waals surface area contributed by atoms with Crippen LogP contribution in [0.3, 0.4) is 0 Å². The van der Waals surface area contributed by atoms with E-state index in [2.05, 4.69) is 63.5 Å². The number of hydrogen-bond donors (Lipinski definition) is 1. The monoisotopic (exact) mass is 272 g/mol. The van der Waals surface area contributed by atoms with Gasteiger partial charge in [-0.1, -0.05) is 20.8 Å². The summed E-state index contributed by atoms with van der Waals surface area (Å²) >= 11 is 2.12. The smallest absolute Gasteiger partial charge is 0.0147 e. The van der Waals surface area contributed by atoms with Gasteiger partial charge >= 0.3 is 0 Å². The van der Waals surface area contributed by atoms with Crippen molar-refractivity contribution in [2.75, 3.05) is 31.9 Å². The number of thioether (sulfide) groups is 1. The van der Waals surface area contributed by atoms with Gasteiger partial charge in [-0.25, -0.2) is 0 Å². The third kappa shape index (κ3) is 5.94. The summed E-state index contributed by atoms with van der Waals surface area (Å²) in [5.41, 5.74) is 0.622. The first-order valence-corrected chi connectivity index (χ1v) is 8.38. The van der Waals surface area contributed by atoms with E-state index in [1.54, 1.807) is 0 Å². The van der Waals surface area contributed by atoms with Crippen molar-refractivity contribution in [3.05, 3.63) is 0 Å². The average Bonchev–Trinajstić information content (AvgIpc) is 2.26. The molecule has 0 bridgehead atoms. The lowest BCUT2D eigenvalue weighted by Gasteiger charge is -2.40. The molecule has 0 saturated carbocycles. The Morgan fingerprint density at radius 3 is 2.44 bits per heavy atom. The standard InChI is InChI=1S/C15H32N2S/c1-7-15(6,11-16-14(3,4)5)12-17-8-9-18-13(2)10-17/h13,16H,7-12H2,1-6H3. The number of nitrogens with one attached hydrogen (secondary N) is 1. The maximum absolute atomic E-state index is 3.68. The van der Waals surface area contributed by atoms with Gasteiger partial charge in [0.25, 0.3) is 0 Å². The van der Waals surface area contributed by atoms with Gasteiger partial charge < -0.3 is 10.2 Å². The fourth-order valence-electron chi connectivity index (χ4n) is 2.35. The van der Waals surface area contributed by atoms with Gasteiger partial charge in [0, 0.05) is 42.7 Å². The Balaban J connectivity index is 2.48. The van der Waals surface area contributed by atoms with Crippen LogP contribution in [0.5, 0.6) is 0 Å². The zero-order valence-electron chi connectivity index (χ0n) is 13.2. The minimum Gasteiger partial charge on any atom is -0.311 e. The molecule has 1 saturated heterocycles. The molecule has 1 fully saturated rings. The Bertz CT molecular complexity index is 249. The third-order valence-electron chi connectivity index (χ3n) is 3.83. The minimum atomic E-state index is 0.224. The molecule has 1 aliphatic rings. The van der Waals surface area contributed by atoms with Gasteiger partial charge in [0.15, 0.2) is 0 Å². The first-order valence-electron chi connectivity index (χ1n) is 7.33. The fourth-order valence-corrected chi connectivity index (χ4v) is 3.43. The average molecular weight is 273 g/mol. The van der Waals surface area contributed by atoms with E-state index in [0.717, 1.165) is 11.8 Å². The van der Waals surface area contributed by atoms with Crippen molar-refractivity contribution in [2.24, 2.45) is 5.41 Å². The largest absolute Gasteiger partial charge is 0.311 e. The van der Waals surface area contributed by atoms with Crippen LogP contribution in [0.1, 0.15) is 48.0 Å². The second-order valence-corrected chi connectivity index (χ2v) is 8.73. The molecule has 0 aliphatic carbocycles. The summed E-state index contributed by atoms with van der Waals surface area (Å²) in [5.74, 6) is 1.30. The molecule has 3 heteroatoms. The van der Waals surface area contributed by atoms with Crippen molar-refractivity contribution in [3.8, 4) is 0 Å². The molecule has 1 N–H and O–H groups in total. The van der Waals surface area contributed by atoms with Gasteiger partial charge in [0.05, 0.1) is 0 Å². The van der Waals surface area contributed by atoms with E-state index < -0.39 is 0 Å². The molecular formula is C15H32N2S. The van der Waals surface area contributed by atoms with E-state index in [1.165, 1.54) is 31.8 Å². The highest BCUT2D eigenvalue weighted by atomic mass is 32.2. The second kappa shape index (κ2) is 6.62. The molecule has 0 spiro atoms. The van der Waals surface area contributed by atoms with Gasteiger partial charge in [-0.2, -0.15) is 11.8 Å². The quantitative estimate of drug-likeness (QED) is 0.827. The van der Waals surface area contributed by atoms with E-state index in [0.29, 0.717) is 5.41 Å². The van der Waals surface area contributed by atoms with Gasteiger partial charge in [-0.3, -0.25) is 0 Å². The van der Waals surface area contributed by atoms with Crippen LogP contribution in [0, 0.1) is 5.41 Å². The molecule has 1 aliphatic heterocycles. The van der Waals surface area contributed by atoms with Crippen molar-refractivity contribution in [3.63, 3.8) is 0 Å². The summed E-state index contributed by atoms with van der Waals surface area (Å²) in [6.45, 7) is 18.7. The van der Waals surface area contributed by atoms with Crippen molar-refractivity contribution >= 4 is 11.8 Å². The molecule has 0 radical (unpaired) electrons. The summed E-state index contributed by atoms with van der Waals surface area (Å²) in [5, 5.41) is 4.48. The topological polar surface area (TPSA) is 15.3 Å². The summed E-state index contributed by atoms with van der Waals surface area (Å²) < 4.78 is 0. The van der Waals surface area contributed by atoms with Gasteiger partial charge in [-0.05, 0) is 32.6 Å². The molecule has 1 heterocycles. The van der Waals surface area contributed by atoms with Crippen LogP contribution in [-0.2, 0) is 0 Å². The molecule has 2 nitrogen and oxygen atoms in total. The minimum absolute atomic E-state index is 0.224. The predicted molar refractivity (Wildman–Crippen MR) is 84.5 cm³/mol. The van der Waals surface area contributed by atoms with Crippen LogP contribution in [-0.4, -0.2) is 47.6 Å². The first kappa shape index (κ1) is 16.3. The summed E-state index contributed by atoms with van der Waals surface area (Å²) in [6, 6.07) is 0. The van der Waals surface area contributed by atoms with Crippen LogP contribution < -0.4 is 5.32 Å². The van der Waals surface area contributed by atoms with Gasteiger partial charge in [0.2, 0.25) is 0 Å². The predicted octanol–water partition coefficient (Wildman–Crippen LogP) is 3.23. The van der Waals surface area contributed by atoms with E-state index in [-0.39, 0.29) is 5.54 Å². The molecule has 2 atom stereocenters. The number of nitrogens with zero attached hydrogens (tertiary/aromatic N) is 1. The Kier molecular flexibility index (Phi) is 6.01. The molecule has 0 amide bonds. The van der Waals surface area contributed by atoms with Crippen LogP contribution in [0.25, 0.3) is 0 Å².